The van der Waals surface area contributed by atoms with Gasteiger partial charge in [-0.3, -0.25) is 0 Å². The second-order valence-corrected chi connectivity index (χ2v) is 8.92. The summed E-state index contributed by atoms with van der Waals surface area (Å²) in [5.41, 5.74) is 7.71. The van der Waals surface area contributed by atoms with Gasteiger partial charge in [0.15, 0.2) is 11.6 Å². The van der Waals surface area contributed by atoms with Gasteiger partial charge < -0.3 is 4.57 Å². The first kappa shape index (κ1) is 22.1. The molecule has 0 aliphatic carbocycles. The van der Waals surface area contributed by atoms with Gasteiger partial charge >= 0.3 is 0 Å². The van der Waals surface area contributed by atoms with E-state index in [1.165, 1.54) is 24.8 Å². The Bertz CT molecular complexity index is 1840. The Labute approximate surface area is 213 Å². The fourth-order valence-electron chi connectivity index (χ4n) is 4.61. The molecule has 174 valence electrons. The maximum absolute atomic E-state index is 9.25. The first-order valence-corrected chi connectivity index (χ1v) is 11.7. The summed E-state index contributed by atoms with van der Waals surface area (Å²) in [5.74, 6) is 0.981. The lowest BCUT2D eigenvalue weighted by molar-refractivity contribution is 1.12. The zero-order chi connectivity index (χ0) is 25.5. The molecule has 0 bridgehead atoms. The zero-order valence-corrected chi connectivity index (χ0v) is 20.1. The van der Waals surface area contributed by atoms with E-state index in [1.807, 2.05) is 24.3 Å². The molecule has 3 heterocycles. The van der Waals surface area contributed by atoms with E-state index in [0.717, 1.165) is 49.7 Å². The fourth-order valence-corrected chi connectivity index (χ4v) is 4.61. The summed E-state index contributed by atoms with van der Waals surface area (Å²) < 4.78 is 2.24. The molecule has 0 saturated carbocycles. The van der Waals surface area contributed by atoms with E-state index in [0.29, 0.717) is 22.8 Å². The molecule has 0 spiro atoms. The lowest BCUT2D eigenvalue weighted by atomic mass is 10.1. The quantitative estimate of drug-likeness (QED) is 0.307. The molecule has 0 amide bonds. The second kappa shape index (κ2) is 8.67. The van der Waals surface area contributed by atoms with Gasteiger partial charge in [-0.05, 0) is 55.3 Å². The summed E-state index contributed by atoms with van der Waals surface area (Å²) in [6.07, 6.45) is 6.06. The van der Waals surface area contributed by atoms with E-state index < -0.39 is 0 Å². The Balaban J connectivity index is 1.67. The van der Waals surface area contributed by atoms with Crippen molar-refractivity contribution in [2.75, 3.05) is 0 Å². The summed E-state index contributed by atoms with van der Waals surface area (Å²) in [7, 11) is 0. The third-order valence-corrected chi connectivity index (χ3v) is 6.38. The molecule has 0 unspecified atom stereocenters. The van der Waals surface area contributed by atoms with Crippen LogP contribution in [0.5, 0.6) is 0 Å². The van der Waals surface area contributed by atoms with Crippen LogP contribution in [0.25, 0.3) is 50.3 Å². The van der Waals surface area contributed by atoms with Crippen molar-refractivity contribution in [1.82, 2.24) is 24.5 Å². The highest BCUT2D eigenvalue weighted by Gasteiger charge is 2.19. The van der Waals surface area contributed by atoms with Crippen LogP contribution in [0.3, 0.4) is 0 Å². The van der Waals surface area contributed by atoms with E-state index in [4.69, 9.17) is 5.26 Å². The van der Waals surface area contributed by atoms with Gasteiger partial charge in [0.25, 0.3) is 0 Å². The van der Waals surface area contributed by atoms with Crippen LogP contribution in [0.1, 0.15) is 22.3 Å². The number of nitriles is 2. The van der Waals surface area contributed by atoms with Crippen molar-refractivity contribution in [2.24, 2.45) is 0 Å². The van der Waals surface area contributed by atoms with Crippen molar-refractivity contribution < 1.29 is 0 Å². The Morgan fingerprint density at radius 3 is 1.65 bits per heavy atom. The first-order chi connectivity index (χ1) is 18.1. The first-order valence-electron chi connectivity index (χ1n) is 11.7. The number of fused-ring (bicyclic) bond motifs is 3. The third kappa shape index (κ3) is 3.76. The van der Waals surface area contributed by atoms with Crippen LogP contribution in [0.15, 0.2) is 79.4 Å². The summed E-state index contributed by atoms with van der Waals surface area (Å²) in [6.45, 7) is 4.17. The van der Waals surface area contributed by atoms with Gasteiger partial charge in [0.2, 0.25) is 0 Å². The Hall–Kier alpha value is -5.40. The average Bonchev–Trinajstić information content (AvgIpc) is 3.25. The minimum Gasteiger partial charge on any atom is -0.308 e. The van der Waals surface area contributed by atoms with Gasteiger partial charge in [0.05, 0.1) is 27.8 Å². The highest BCUT2D eigenvalue weighted by molar-refractivity contribution is 6.10. The van der Waals surface area contributed by atoms with Crippen molar-refractivity contribution in [2.45, 2.75) is 13.8 Å². The van der Waals surface area contributed by atoms with Gasteiger partial charge in [0, 0.05) is 46.7 Å². The molecule has 0 fully saturated rings. The van der Waals surface area contributed by atoms with Gasteiger partial charge in [-0.2, -0.15) is 10.5 Å². The Morgan fingerprint density at radius 1 is 0.622 bits per heavy atom. The van der Waals surface area contributed by atoms with Gasteiger partial charge in [-0.25, -0.2) is 19.9 Å². The number of rotatable bonds is 3. The summed E-state index contributed by atoms with van der Waals surface area (Å²) in [6, 6.07) is 23.0. The maximum Gasteiger partial charge on any atom is 0.161 e. The predicted octanol–water partition coefficient (Wildman–Crippen LogP) is 6.06. The fraction of sp³-hybridized carbons (Fsp3) is 0.0667. The third-order valence-electron chi connectivity index (χ3n) is 6.38. The normalized spacial score (nSPS) is 10.9. The molecular formula is C30H19N7. The molecule has 0 radical (unpaired) electrons. The average molecular weight is 478 g/mol. The second-order valence-electron chi connectivity index (χ2n) is 8.92. The standard InChI is InChI=1S/C30H19N7/c1-18-3-6-23-24-7-4-19(2)10-28(24)37(27(23)9-18)26-8-5-22(29-33-14-20(12-31)15-34-29)11-25(26)30-35-16-21(13-32)17-36-30/h3-11,14-17H,1-2H3. The van der Waals surface area contributed by atoms with Gasteiger partial charge in [-0.1, -0.05) is 24.3 Å². The molecule has 7 nitrogen and oxygen atoms in total. The summed E-state index contributed by atoms with van der Waals surface area (Å²) in [5, 5.41) is 20.7. The topological polar surface area (TPSA) is 104 Å². The Kier molecular flexibility index (Phi) is 5.18. The van der Waals surface area contributed by atoms with Crippen molar-refractivity contribution >= 4 is 21.8 Å². The molecule has 6 aromatic rings. The maximum atomic E-state index is 9.25. The molecular weight excluding hydrogens is 458 g/mol. The lowest BCUT2D eigenvalue weighted by Gasteiger charge is -2.15. The van der Waals surface area contributed by atoms with Crippen molar-refractivity contribution in [3.63, 3.8) is 0 Å². The van der Waals surface area contributed by atoms with E-state index in [2.05, 4.69) is 80.8 Å². The van der Waals surface area contributed by atoms with Crippen LogP contribution in [0.4, 0.5) is 0 Å². The molecule has 0 aliphatic rings. The van der Waals surface area contributed by atoms with E-state index >= 15 is 0 Å². The van der Waals surface area contributed by atoms with Crippen LogP contribution < -0.4 is 0 Å². The van der Waals surface area contributed by atoms with Gasteiger partial charge in [-0.15, -0.1) is 0 Å². The number of hydrogen-bond donors (Lipinski definition) is 0. The molecule has 3 aromatic carbocycles. The lowest BCUT2D eigenvalue weighted by Crippen LogP contribution is -2.01. The minimum atomic E-state index is 0.389. The van der Waals surface area contributed by atoms with E-state index in [9.17, 15) is 5.26 Å². The molecule has 7 heteroatoms. The zero-order valence-electron chi connectivity index (χ0n) is 20.1. The Morgan fingerprint density at radius 2 is 1.14 bits per heavy atom. The van der Waals surface area contributed by atoms with Crippen molar-refractivity contribution in [3.8, 4) is 40.6 Å². The number of nitrogens with zero attached hydrogens (tertiary/aromatic N) is 7. The van der Waals surface area contributed by atoms with Crippen molar-refractivity contribution in [3.05, 3.63) is 102 Å². The number of aromatic nitrogens is 5. The SMILES string of the molecule is Cc1ccc2c3ccc(C)cc3n(-c3ccc(-c4ncc(C#N)cn4)cc3-c3ncc(C#N)cn3)c2c1. The molecule has 37 heavy (non-hydrogen) atoms. The summed E-state index contributed by atoms with van der Waals surface area (Å²) >= 11 is 0. The number of benzene rings is 3. The van der Waals surface area contributed by atoms with Gasteiger partial charge in [0.1, 0.15) is 12.1 Å². The highest BCUT2D eigenvalue weighted by atomic mass is 15.0. The molecule has 0 atom stereocenters. The van der Waals surface area contributed by atoms with Crippen molar-refractivity contribution in [1.29, 1.82) is 10.5 Å². The number of hydrogen-bond acceptors (Lipinski definition) is 6. The summed E-state index contributed by atoms with van der Waals surface area (Å²) in [4.78, 5) is 17.8. The highest BCUT2D eigenvalue weighted by Crippen LogP contribution is 2.37. The van der Waals surface area contributed by atoms with Crippen LogP contribution in [0.2, 0.25) is 0 Å². The number of aryl methyl sites for hydroxylation is 2. The minimum absolute atomic E-state index is 0.389. The van der Waals surface area contributed by atoms with Crippen LogP contribution >= 0.6 is 0 Å². The molecule has 6 rings (SSSR count). The predicted molar refractivity (Wildman–Crippen MR) is 142 cm³/mol. The molecule has 0 N–H and O–H groups in total. The largest absolute Gasteiger partial charge is 0.308 e. The van der Waals surface area contributed by atoms with Crippen LogP contribution in [-0.4, -0.2) is 24.5 Å². The molecule has 0 aliphatic heterocycles. The molecule has 0 saturated heterocycles. The van der Waals surface area contributed by atoms with E-state index in [-0.39, 0.29) is 0 Å². The molecule has 3 aromatic heterocycles. The smallest absolute Gasteiger partial charge is 0.161 e. The van der Waals surface area contributed by atoms with Crippen LogP contribution in [-0.2, 0) is 0 Å². The monoisotopic (exact) mass is 477 g/mol. The van der Waals surface area contributed by atoms with Crippen LogP contribution in [0, 0.1) is 36.5 Å². The van der Waals surface area contributed by atoms with E-state index in [1.54, 1.807) is 0 Å².